The highest BCUT2D eigenvalue weighted by Crippen LogP contribution is 2.17. The van der Waals surface area contributed by atoms with Crippen LogP contribution in [0.4, 0.5) is 11.9 Å². The van der Waals surface area contributed by atoms with Crippen LogP contribution in [0.3, 0.4) is 0 Å². The van der Waals surface area contributed by atoms with Crippen molar-refractivity contribution >= 4 is 24.1 Å². The van der Waals surface area contributed by atoms with Crippen molar-refractivity contribution in [2.75, 3.05) is 5.73 Å². The summed E-state index contributed by atoms with van der Waals surface area (Å²) in [7, 11) is 0. The third-order valence-corrected chi connectivity index (χ3v) is 1.65. The maximum absolute atomic E-state index is 10.3. The van der Waals surface area contributed by atoms with Crippen molar-refractivity contribution in [2.24, 2.45) is 0 Å². The number of furan rings is 1. The first kappa shape index (κ1) is 9.90. The molecule has 0 unspecified atom stereocenters. The first-order valence-corrected chi connectivity index (χ1v) is 4.16. The molecule has 0 aromatic carbocycles. The average Bonchev–Trinajstić information content (AvgIpc) is 2.83. The maximum atomic E-state index is 10.3. The molecule has 0 saturated heterocycles. The molecule has 0 atom stereocenters. The maximum Gasteiger partial charge on any atom is 0.433 e. The number of nitrogens with two attached hydrogens (primary N) is 1. The predicted molar refractivity (Wildman–Crippen MR) is 53.0 cm³/mol. The van der Waals surface area contributed by atoms with E-state index in [4.69, 9.17) is 10.2 Å². The Morgan fingerprint density at radius 1 is 1.44 bits per heavy atom. The second kappa shape index (κ2) is 3.85. The molecule has 0 aliphatic heterocycles. The fourth-order valence-electron chi connectivity index (χ4n) is 1.00. The number of hydrogen-bond donors (Lipinski definition) is 1. The lowest BCUT2D eigenvalue weighted by Gasteiger charge is -1.82. The predicted octanol–water partition coefficient (Wildman–Crippen LogP) is 1.32. The molecule has 0 radical (unpaired) electrons. The second-order valence-corrected chi connectivity index (χ2v) is 2.76. The van der Waals surface area contributed by atoms with Crippen LogP contribution in [0.25, 0.3) is 12.2 Å². The van der Waals surface area contributed by atoms with Gasteiger partial charge in [0.25, 0.3) is 0 Å². The van der Waals surface area contributed by atoms with E-state index >= 15 is 0 Å². The highest BCUT2D eigenvalue weighted by Gasteiger charge is 2.09. The zero-order chi connectivity index (χ0) is 11.5. The lowest BCUT2D eigenvalue weighted by Crippen LogP contribution is -1.82. The lowest BCUT2D eigenvalue weighted by atomic mass is 10.4. The summed E-state index contributed by atoms with van der Waals surface area (Å²) in [6.45, 7) is 0. The molecule has 0 aliphatic rings. The van der Waals surface area contributed by atoms with E-state index in [9.17, 15) is 10.1 Å². The number of hydrogen-bond acceptors (Lipinski definition) is 7. The number of anilines is 1. The first-order valence-electron chi connectivity index (χ1n) is 4.16. The van der Waals surface area contributed by atoms with Crippen molar-refractivity contribution in [2.45, 2.75) is 0 Å². The average molecular weight is 222 g/mol. The van der Waals surface area contributed by atoms with Crippen LogP contribution in [0.15, 0.2) is 21.1 Å². The molecule has 8 heteroatoms. The van der Waals surface area contributed by atoms with Crippen LogP contribution in [0.5, 0.6) is 0 Å². The first-order chi connectivity index (χ1) is 7.65. The van der Waals surface area contributed by atoms with Crippen molar-refractivity contribution in [3.05, 3.63) is 33.8 Å². The van der Waals surface area contributed by atoms with E-state index in [0.29, 0.717) is 5.76 Å². The fraction of sp³-hybridized carbons (Fsp3) is 0. The summed E-state index contributed by atoms with van der Waals surface area (Å²) in [6.07, 6.45) is 2.93. The largest absolute Gasteiger partial charge is 0.433 e. The van der Waals surface area contributed by atoms with E-state index in [-0.39, 0.29) is 17.7 Å². The number of nitrogen functional groups attached to an aromatic ring is 1. The van der Waals surface area contributed by atoms with E-state index in [1.54, 1.807) is 0 Å². The van der Waals surface area contributed by atoms with Gasteiger partial charge in [-0.25, -0.2) is 0 Å². The molecule has 2 aromatic rings. The van der Waals surface area contributed by atoms with Crippen molar-refractivity contribution in [3.63, 3.8) is 0 Å². The molecule has 0 spiro atoms. The van der Waals surface area contributed by atoms with E-state index in [2.05, 4.69) is 14.7 Å². The van der Waals surface area contributed by atoms with Gasteiger partial charge in [0.05, 0.1) is 6.07 Å². The Bertz CT molecular complexity index is 542. The van der Waals surface area contributed by atoms with Gasteiger partial charge in [-0.1, -0.05) is 5.16 Å². The van der Waals surface area contributed by atoms with Gasteiger partial charge < -0.3 is 14.7 Å². The van der Waals surface area contributed by atoms with E-state index in [1.165, 1.54) is 24.3 Å². The van der Waals surface area contributed by atoms with Crippen molar-refractivity contribution in [1.82, 2.24) is 10.1 Å². The molecular formula is C8H6N4O4. The van der Waals surface area contributed by atoms with Gasteiger partial charge in [-0.15, -0.1) is 0 Å². The van der Waals surface area contributed by atoms with Crippen LogP contribution in [0.1, 0.15) is 11.6 Å². The van der Waals surface area contributed by atoms with Crippen LogP contribution in [0.2, 0.25) is 0 Å². The molecule has 0 saturated carbocycles. The van der Waals surface area contributed by atoms with Crippen molar-refractivity contribution in [3.8, 4) is 0 Å². The molecule has 2 heterocycles. The van der Waals surface area contributed by atoms with Crippen LogP contribution in [-0.4, -0.2) is 15.1 Å². The number of aromatic nitrogens is 2. The standard InChI is InChI=1S/C8H6N4O4/c9-8-10-6(11-16-8)3-1-5-2-4-7(15-5)12(13)14/h1-4H,(H2,9,10,11). The molecule has 82 valence electrons. The summed E-state index contributed by atoms with van der Waals surface area (Å²) in [5.41, 5.74) is 5.20. The highest BCUT2D eigenvalue weighted by molar-refractivity contribution is 5.64. The SMILES string of the molecule is Nc1nc(C=Cc2ccc([N+](=O)[O-])o2)no1. The van der Waals surface area contributed by atoms with Crippen molar-refractivity contribution in [1.29, 1.82) is 0 Å². The molecule has 0 amide bonds. The molecule has 0 fully saturated rings. The van der Waals surface area contributed by atoms with Gasteiger partial charge in [-0.05, 0) is 18.2 Å². The quantitative estimate of drug-likeness (QED) is 0.613. The Balaban J connectivity index is 2.14. The second-order valence-electron chi connectivity index (χ2n) is 2.76. The van der Waals surface area contributed by atoms with Gasteiger partial charge >= 0.3 is 11.9 Å². The fourth-order valence-corrected chi connectivity index (χ4v) is 1.00. The van der Waals surface area contributed by atoms with Crippen LogP contribution < -0.4 is 5.73 Å². The smallest absolute Gasteiger partial charge is 0.401 e. The minimum absolute atomic E-state index is 0.0509. The Kier molecular flexibility index (Phi) is 2.38. The third kappa shape index (κ3) is 2.05. The summed E-state index contributed by atoms with van der Waals surface area (Å²) in [5, 5.41) is 13.8. The molecule has 8 nitrogen and oxygen atoms in total. The van der Waals surface area contributed by atoms with Gasteiger partial charge in [0, 0.05) is 0 Å². The number of nitrogens with zero attached hydrogens (tertiary/aromatic N) is 3. The number of rotatable bonds is 3. The molecule has 2 aromatic heterocycles. The van der Waals surface area contributed by atoms with Crippen LogP contribution in [0, 0.1) is 10.1 Å². The van der Waals surface area contributed by atoms with Gasteiger partial charge in [-0.2, -0.15) is 4.98 Å². The van der Waals surface area contributed by atoms with Crippen LogP contribution in [-0.2, 0) is 0 Å². The molecule has 16 heavy (non-hydrogen) atoms. The molecule has 0 bridgehead atoms. The Morgan fingerprint density at radius 2 is 2.25 bits per heavy atom. The number of nitro groups is 1. The molecule has 2 rings (SSSR count). The minimum Gasteiger partial charge on any atom is -0.401 e. The Morgan fingerprint density at radius 3 is 2.81 bits per heavy atom. The van der Waals surface area contributed by atoms with Crippen molar-refractivity contribution < 1.29 is 13.9 Å². The van der Waals surface area contributed by atoms with Gasteiger partial charge in [-0.3, -0.25) is 10.1 Å². The van der Waals surface area contributed by atoms with Gasteiger partial charge in [0.2, 0.25) is 0 Å². The van der Waals surface area contributed by atoms with E-state index < -0.39 is 4.92 Å². The monoisotopic (exact) mass is 222 g/mol. The Hall–Kier alpha value is -2.64. The van der Waals surface area contributed by atoms with E-state index in [0.717, 1.165) is 0 Å². The topological polar surface area (TPSA) is 121 Å². The Labute approximate surface area is 88.5 Å². The lowest BCUT2D eigenvalue weighted by molar-refractivity contribution is -0.402. The summed E-state index contributed by atoms with van der Waals surface area (Å²) >= 11 is 0. The normalized spacial score (nSPS) is 11.0. The molecular weight excluding hydrogens is 216 g/mol. The third-order valence-electron chi connectivity index (χ3n) is 1.65. The van der Waals surface area contributed by atoms with Crippen LogP contribution >= 0.6 is 0 Å². The summed E-state index contributed by atoms with van der Waals surface area (Å²) < 4.78 is 9.39. The zero-order valence-electron chi connectivity index (χ0n) is 7.86. The molecule has 2 N–H and O–H groups in total. The summed E-state index contributed by atoms with van der Waals surface area (Å²) in [4.78, 5) is 13.4. The van der Waals surface area contributed by atoms with Gasteiger partial charge in [0.1, 0.15) is 10.7 Å². The summed E-state index contributed by atoms with van der Waals surface area (Å²) in [5.74, 6) is 0.249. The van der Waals surface area contributed by atoms with Gasteiger partial charge in [0.15, 0.2) is 5.82 Å². The van der Waals surface area contributed by atoms with E-state index in [1.807, 2.05) is 0 Å². The minimum atomic E-state index is -0.621. The zero-order valence-corrected chi connectivity index (χ0v) is 7.86. The molecule has 0 aliphatic carbocycles. The summed E-state index contributed by atoms with van der Waals surface area (Å²) in [6, 6.07) is 2.66. The highest BCUT2D eigenvalue weighted by atomic mass is 16.6.